The average Bonchev–Trinajstić information content (AvgIpc) is 2.98. The van der Waals surface area contributed by atoms with Crippen molar-refractivity contribution in [1.29, 1.82) is 0 Å². The number of nitrogens with one attached hydrogen (secondary N) is 2. The highest BCUT2D eigenvalue weighted by atomic mass is 32.2. The van der Waals surface area contributed by atoms with E-state index >= 15 is 0 Å². The fraction of sp³-hybridized carbons (Fsp3) is 0.300. The van der Waals surface area contributed by atoms with Gasteiger partial charge in [0.05, 0.1) is 17.5 Å². The van der Waals surface area contributed by atoms with Crippen LogP contribution in [0.3, 0.4) is 0 Å². The van der Waals surface area contributed by atoms with Crippen LogP contribution in [0.25, 0.3) is 0 Å². The van der Waals surface area contributed by atoms with Gasteiger partial charge in [0.1, 0.15) is 0 Å². The zero-order chi connectivity index (χ0) is 17.6. The lowest BCUT2D eigenvalue weighted by atomic mass is 10.1. The van der Waals surface area contributed by atoms with Crippen molar-refractivity contribution in [2.75, 3.05) is 16.8 Å². The third kappa shape index (κ3) is 4.86. The minimum absolute atomic E-state index is 0.0185. The van der Waals surface area contributed by atoms with Crippen LogP contribution in [-0.2, 0) is 16.0 Å². The largest absolute Gasteiger partial charge is 0.349 e. The number of hydrogen-bond acceptors (Lipinski definition) is 3. The Morgan fingerprint density at radius 3 is 2.72 bits per heavy atom. The lowest BCUT2D eigenvalue weighted by Crippen LogP contribution is -2.29. The van der Waals surface area contributed by atoms with Crippen LogP contribution < -0.4 is 10.6 Å². The molecule has 0 fully saturated rings. The number of amides is 2. The predicted octanol–water partition coefficient (Wildman–Crippen LogP) is 3.47. The van der Waals surface area contributed by atoms with Crippen molar-refractivity contribution in [2.45, 2.75) is 25.8 Å². The molecule has 2 aromatic rings. The summed E-state index contributed by atoms with van der Waals surface area (Å²) >= 11 is 1.33. The molecule has 4 nitrogen and oxygen atoms in total. The van der Waals surface area contributed by atoms with Crippen LogP contribution in [0.5, 0.6) is 0 Å². The van der Waals surface area contributed by atoms with Gasteiger partial charge in [-0.1, -0.05) is 36.4 Å². The fourth-order valence-electron chi connectivity index (χ4n) is 3.10. The molecule has 0 aromatic heterocycles. The summed E-state index contributed by atoms with van der Waals surface area (Å²) in [7, 11) is 0. The Balaban J connectivity index is 1.40. The monoisotopic (exact) mass is 354 g/mol. The highest BCUT2D eigenvalue weighted by Crippen LogP contribution is 2.30. The average molecular weight is 354 g/mol. The molecular weight excluding hydrogens is 332 g/mol. The van der Waals surface area contributed by atoms with E-state index < -0.39 is 0 Å². The van der Waals surface area contributed by atoms with Gasteiger partial charge in [-0.3, -0.25) is 9.59 Å². The van der Waals surface area contributed by atoms with Crippen LogP contribution in [0.1, 0.15) is 29.2 Å². The molecule has 1 atom stereocenters. The van der Waals surface area contributed by atoms with E-state index in [4.69, 9.17) is 0 Å². The maximum atomic E-state index is 12.1. The number of aryl methyl sites for hydroxylation is 2. The van der Waals surface area contributed by atoms with E-state index in [1.807, 2.05) is 43.3 Å². The molecule has 0 aliphatic heterocycles. The van der Waals surface area contributed by atoms with Gasteiger partial charge < -0.3 is 10.6 Å². The minimum atomic E-state index is -0.0883. The first-order chi connectivity index (χ1) is 12.1. The third-order valence-corrected chi connectivity index (χ3v) is 5.17. The standard InChI is InChI=1S/C20H22N2O2S/c1-14-5-4-7-16(11-14)21-19(23)12-25-13-20(24)22-18-10-9-15-6-2-3-8-17(15)18/h2-8,11,18H,9-10,12-13H2,1H3,(H,21,23)(H,22,24). The molecule has 0 bridgehead atoms. The van der Waals surface area contributed by atoms with E-state index in [-0.39, 0.29) is 23.6 Å². The predicted molar refractivity (Wildman–Crippen MR) is 103 cm³/mol. The number of fused-ring (bicyclic) bond motifs is 1. The molecule has 0 saturated carbocycles. The van der Waals surface area contributed by atoms with Crippen molar-refractivity contribution in [3.05, 3.63) is 65.2 Å². The highest BCUT2D eigenvalue weighted by molar-refractivity contribution is 8.00. The van der Waals surface area contributed by atoms with Gasteiger partial charge >= 0.3 is 0 Å². The van der Waals surface area contributed by atoms with Crippen LogP contribution in [0.4, 0.5) is 5.69 Å². The van der Waals surface area contributed by atoms with E-state index in [2.05, 4.69) is 22.8 Å². The van der Waals surface area contributed by atoms with Gasteiger partial charge in [-0.25, -0.2) is 0 Å². The molecule has 2 amide bonds. The van der Waals surface area contributed by atoms with Crippen molar-refractivity contribution in [3.8, 4) is 0 Å². The molecule has 25 heavy (non-hydrogen) atoms. The number of benzene rings is 2. The second-order valence-corrected chi connectivity index (χ2v) is 7.25. The van der Waals surface area contributed by atoms with Crippen molar-refractivity contribution in [3.63, 3.8) is 0 Å². The maximum absolute atomic E-state index is 12.1. The van der Waals surface area contributed by atoms with E-state index in [0.717, 1.165) is 24.1 Å². The Morgan fingerprint density at radius 2 is 1.88 bits per heavy atom. The quantitative estimate of drug-likeness (QED) is 0.835. The lowest BCUT2D eigenvalue weighted by molar-refractivity contribution is -0.119. The SMILES string of the molecule is Cc1cccc(NC(=O)CSCC(=O)NC2CCc3ccccc32)c1. The summed E-state index contributed by atoms with van der Waals surface area (Å²) in [5.41, 5.74) is 4.43. The minimum Gasteiger partial charge on any atom is -0.349 e. The fourth-order valence-corrected chi connectivity index (χ4v) is 3.73. The van der Waals surface area contributed by atoms with Crippen molar-refractivity contribution in [2.24, 2.45) is 0 Å². The highest BCUT2D eigenvalue weighted by Gasteiger charge is 2.23. The second-order valence-electron chi connectivity index (χ2n) is 6.27. The van der Waals surface area contributed by atoms with E-state index in [1.54, 1.807) is 0 Å². The van der Waals surface area contributed by atoms with Crippen molar-refractivity contribution in [1.82, 2.24) is 5.32 Å². The number of thioether (sulfide) groups is 1. The summed E-state index contributed by atoms with van der Waals surface area (Å²) in [5.74, 6) is 0.451. The molecule has 0 spiro atoms. The number of carbonyl (C=O) groups is 2. The normalized spacial score (nSPS) is 15.5. The first-order valence-electron chi connectivity index (χ1n) is 8.43. The summed E-state index contributed by atoms with van der Waals surface area (Å²) in [5, 5.41) is 5.93. The number of rotatable bonds is 6. The zero-order valence-corrected chi connectivity index (χ0v) is 15.1. The Kier molecular flexibility index (Phi) is 5.76. The molecule has 0 radical (unpaired) electrons. The summed E-state index contributed by atoms with van der Waals surface area (Å²) in [6.07, 6.45) is 1.96. The van der Waals surface area contributed by atoms with Gasteiger partial charge in [-0.05, 0) is 48.6 Å². The van der Waals surface area contributed by atoms with E-state index in [1.165, 1.54) is 22.9 Å². The molecule has 2 N–H and O–H groups in total. The molecule has 130 valence electrons. The third-order valence-electron chi connectivity index (χ3n) is 4.24. The molecule has 0 saturated heterocycles. The smallest absolute Gasteiger partial charge is 0.234 e. The van der Waals surface area contributed by atoms with Crippen molar-refractivity contribution >= 4 is 29.3 Å². The zero-order valence-electron chi connectivity index (χ0n) is 14.2. The topological polar surface area (TPSA) is 58.2 Å². The lowest BCUT2D eigenvalue weighted by Gasteiger charge is -2.14. The maximum Gasteiger partial charge on any atom is 0.234 e. The van der Waals surface area contributed by atoms with Crippen molar-refractivity contribution < 1.29 is 9.59 Å². The molecule has 1 unspecified atom stereocenters. The Morgan fingerprint density at radius 1 is 1.08 bits per heavy atom. The molecule has 5 heteroatoms. The van der Waals surface area contributed by atoms with Crippen LogP contribution in [0.15, 0.2) is 48.5 Å². The first kappa shape index (κ1) is 17.5. The van der Waals surface area contributed by atoms with E-state index in [0.29, 0.717) is 5.75 Å². The van der Waals surface area contributed by atoms with Gasteiger partial charge in [0.25, 0.3) is 0 Å². The van der Waals surface area contributed by atoms with Crippen LogP contribution in [0, 0.1) is 6.92 Å². The van der Waals surface area contributed by atoms with E-state index in [9.17, 15) is 9.59 Å². The van der Waals surface area contributed by atoms with Gasteiger partial charge in [-0.15, -0.1) is 11.8 Å². The number of anilines is 1. The van der Waals surface area contributed by atoms with Gasteiger partial charge in [0, 0.05) is 5.69 Å². The molecule has 3 rings (SSSR count). The molecule has 0 heterocycles. The van der Waals surface area contributed by atoms with Crippen LogP contribution in [0.2, 0.25) is 0 Å². The Labute approximate surface area is 152 Å². The molecule has 1 aliphatic carbocycles. The second kappa shape index (κ2) is 8.21. The number of hydrogen-bond donors (Lipinski definition) is 2. The van der Waals surface area contributed by atoms with Crippen LogP contribution in [-0.4, -0.2) is 23.3 Å². The molecule has 1 aliphatic rings. The Bertz CT molecular complexity index is 776. The summed E-state index contributed by atoms with van der Waals surface area (Å²) in [6.45, 7) is 1.98. The van der Waals surface area contributed by atoms with Gasteiger partial charge in [0.2, 0.25) is 11.8 Å². The molecular formula is C20H22N2O2S. The Hall–Kier alpha value is -2.27. The van der Waals surface area contributed by atoms with Gasteiger partial charge in [-0.2, -0.15) is 0 Å². The number of carbonyl (C=O) groups excluding carboxylic acids is 2. The summed E-state index contributed by atoms with van der Waals surface area (Å²) in [4.78, 5) is 24.1. The van der Waals surface area contributed by atoms with Crippen LogP contribution >= 0.6 is 11.8 Å². The first-order valence-corrected chi connectivity index (χ1v) is 9.59. The van der Waals surface area contributed by atoms with Gasteiger partial charge in [0.15, 0.2) is 0 Å². The molecule has 2 aromatic carbocycles. The summed E-state index contributed by atoms with van der Waals surface area (Å²) in [6, 6.07) is 16.0. The summed E-state index contributed by atoms with van der Waals surface area (Å²) < 4.78 is 0.